The lowest BCUT2D eigenvalue weighted by atomic mass is 10.2. The number of carbonyl (C=O) groups is 1. The standard InChI is InChI=1S/C21H28N2O5S/c1-2-12-23(29(25,26)20-10-4-3-5-11-20)17-21(24)22(15-18-8-6-13-27-18)16-19-9-7-14-28-19/h3-6,8,10-11,13,19H,2,7,9,12,14-17H2,1H3. The summed E-state index contributed by atoms with van der Waals surface area (Å²) in [6.07, 6.45) is 4.01. The van der Waals surface area contributed by atoms with Crippen LogP contribution in [0.25, 0.3) is 0 Å². The van der Waals surface area contributed by atoms with Crippen molar-refractivity contribution in [3.05, 3.63) is 54.5 Å². The number of hydrogen-bond acceptors (Lipinski definition) is 5. The predicted molar refractivity (Wildman–Crippen MR) is 109 cm³/mol. The lowest BCUT2D eigenvalue weighted by Gasteiger charge is -2.28. The van der Waals surface area contributed by atoms with Crippen molar-refractivity contribution in [1.29, 1.82) is 0 Å². The summed E-state index contributed by atoms with van der Waals surface area (Å²) in [7, 11) is -3.75. The molecule has 29 heavy (non-hydrogen) atoms. The van der Waals surface area contributed by atoms with E-state index >= 15 is 0 Å². The number of carbonyl (C=O) groups excluding carboxylic acids is 1. The minimum Gasteiger partial charge on any atom is -0.467 e. The largest absolute Gasteiger partial charge is 0.467 e. The molecule has 158 valence electrons. The molecule has 2 heterocycles. The van der Waals surface area contributed by atoms with Crippen LogP contribution in [0.4, 0.5) is 0 Å². The second kappa shape index (κ2) is 10.0. The van der Waals surface area contributed by atoms with Gasteiger partial charge in [-0.2, -0.15) is 4.31 Å². The molecule has 1 aromatic heterocycles. The third-order valence-corrected chi connectivity index (χ3v) is 6.75. The van der Waals surface area contributed by atoms with E-state index in [9.17, 15) is 13.2 Å². The molecule has 8 heteroatoms. The van der Waals surface area contributed by atoms with Crippen LogP contribution in [0.15, 0.2) is 58.0 Å². The van der Waals surface area contributed by atoms with Gasteiger partial charge in [0.15, 0.2) is 0 Å². The van der Waals surface area contributed by atoms with E-state index in [2.05, 4.69) is 0 Å². The van der Waals surface area contributed by atoms with Crippen LogP contribution in [0.1, 0.15) is 31.9 Å². The molecule has 0 aliphatic carbocycles. The molecule has 1 unspecified atom stereocenters. The van der Waals surface area contributed by atoms with Gasteiger partial charge in [0.1, 0.15) is 5.76 Å². The number of rotatable bonds is 10. The first-order valence-electron chi connectivity index (χ1n) is 9.97. The van der Waals surface area contributed by atoms with E-state index in [4.69, 9.17) is 9.15 Å². The van der Waals surface area contributed by atoms with E-state index in [1.807, 2.05) is 6.92 Å². The van der Waals surface area contributed by atoms with Gasteiger partial charge in [-0.3, -0.25) is 4.79 Å². The van der Waals surface area contributed by atoms with Crippen LogP contribution < -0.4 is 0 Å². The summed E-state index contributed by atoms with van der Waals surface area (Å²) in [6.45, 7) is 3.36. The van der Waals surface area contributed by atoms with Gasteiger partial charge in [0.05, 0.1) is 30.4 Å². The van der Waals surface area contributed by atoms with E-state index in [0.717, 1.165) is 12.8 Å². The fraction of sp³-hybridized carbons (Fsp3) is 0.476. The molecule has 1 aliphatic heterocycles. The Morgan fingerprint density at radius 1 is 1.17 bits per heavy atom. The fourth-order valence-corrected chi connectivity index (χ4v) is 4.91. The zero-order chi connectivity index (χ0) is 20.7. The minimum atomic E-state index is -3.75. The number of amides is 1. The Labute approximate surface area is 172 Å². The highest BCUT2D eigenvalue weighted by molar-refractivity contribution is 7.89. The van der Waals surface area contributed by atoms with Crippen molar-refractivity contribution in [1.82, 2.24) is 9.21 Å². The highest BCUT2D eigenvalue weighted by atomic mass is 32.2. The highest BCUT2D eigenvalue weighted by Gasteiger charge is 2.29. The average molecular weight is 421 g/mol. The first kappa shape index (κ1) is 21.5. The van der Waals surface area contributed by atoms with Crippen molar-refractivity contribution in [3.63, 3.8) is 0 Å². The van der Waals surface area contributed by atoms with Gasteiger partial charge >= 0.3 is 0 Å². The molecule has 1 amide bonds. The predicted octanol–water partition coefficient (Wildman–Crippen LogP) is 2.89. The molecule has 0 N–H and O–H groups in total. The second-order valence-electron chi connectivity index (χ2n) is 7.14. The van der Waals surface area contributed by atoms with Gasteiger partial charge in [0.25, 0.3) is 0 Å². The molecule has 0 saturated carbocycles. The summed E-state index contributed by atoms with van der Waals surface area (Å²) in [6, 6.07) is 11.8. The summed E-state index contributed by atoms with van der Waals surface area (Å²) in [4.78, 5) is 15.0. The number of sulfonamides is 1. The summed E-state index contributed by atoms with van der Waals surface area (Å²) >= 11 is 0. The summed E-state index contributed by atoms with van der Waals surface area (Å²) in [5, 5.41) is 0. The molecular formula is C21H28N2O5S. The average Bonchev–Trinajstić information content (AvgIpc) is 3.42. The van der Waals surface area contributed by atoms with Crippen LogP contribution in [0.3, 0.4) is 0 Å². The fourth-order valence-electron chi connectivity index (χ4n) is 3.41. The van der Waals surface area contributed by atoms with Crippen molar-refractivity contribution < 1.29 is 22.4 Å². The van der Waals surface area contributed by atoms with Crippen molar-refractivity contribution >= 4 is 15.9 Å². The number of ether oxygens (including phenoxy) is 1. The van der Waals surface area contributed by atoms with Gasteiger partial charge < -0.3 is 14.1 Å². The van der Waals surface area contributed by atoms with Crippen molar-refractivity contribution in [3.8, 4) is 0 Å². The van der Waals surface area contributed by atoms with Gasteiger partial charge in [-0.25, -0.2) is 8.42 Å². The lowest BCUT2D eigenvalue weighted by molar-refractivity contribution is -0.134. The van der Waals surface area contributed by atoms with E-state index in [-0.39, 0.29) is 36.5 Å². The third kappa shape index (κ3) is 5.68. The molecular weight excluding hydrogens is 392 g/mol. The monoisotopic (exact) mass is 420 g/mol. The van der Waals surface area contributed by atoms with Gasteiger partial charge in [-0.05, 0) is 43.5 Å². The van der Waals surface area contributed by atoms with Gasteiger partial charge in [-0.15, -0.1) is 0 Å². The van der Waals surface area contributed by atoms with Gasteiger partial charge in [0.2, 0.25) is 15.9 Å². The Bertz CT molecular complexity index is 862. The molecule has 1 fully saturated rings. The lowest BCUT2D eigenvalue weighted by Crippen LogP contribution is -2.45. The second-order valence-corrected chi connectivity index (χ2v) is 9.08. The molecule has 2 aromatic rings. The molecule has 1 aliphatic rings. The zero-order valence-electron chi connectivity index (χ0n) is 16.7. The summed E-state index contributed by atoms with van der Waals surface area (Å²) in [5.41, 5.74) is 0. The summed E-state index contributed by atoms with van der Waals surface area (Å²) < 4.78 is 38.5. The molecule has 1 atom stereocenters. The first-order valence-corrected chi connectivity index (χ1v) is 11.4. The maximum Gasteiger partial charge on any atom is 0.243 e. The number of furan rings is 1. The highest BCUT2D eigenvalue weighted by Crippen LogP contribution is 2.19. The normalized spacial score (nSPS) is 17.0. The van der Waals surface area contributed by atoms with Crippen LogP contribution in [-0.2, 0) is 26.1 Å². The Morgan fingerprint density at radius 3 is 2.59 bits per heavy atom. The number of hydrogen-bond donors (Lipinski definition) is 0. The van der Waals surface area contributed by atoms with E-state index in [1.54, 1.807) is 53.6 Å². The number of nitrogens with zero attached hydrogens (tertiary/aromatic N) is 2. The molecule has 7 nitrogen and oxygen atoms in total. The molecule has 1 aromatic carbocycles. The molecule has 0 radical (unpaired) electrons. The van der Waals surface area contributed by atoms with Crippen LogP contribution in [0.2, 0.25) is 0 Å². The van der Waals surface area contributed by atoms with Crippen LogP contribution in [-0.4, -0.2) is 55.9 Å². The SMILES string of the molecule is CCCN(CC(=O)N(Cc1ccco1)CC1CCCO1)S(=O)(=O)c1ccccc1. The van der Waals surface area contributed by atoms with E-state index in [1.165, 1.54) is 4.31 Å². The van der Waals surface area contributed by atoms with E-state index in [0.29, 0.717) is 25.3 Å². The quantitative estimate of drug-likeness (QED) is 0.590. The summed E-state index contributed by atoms with van der Waals surface area (Å²) in [5.74, 6) is 0.397. The van der Waals surface area contributed by atoms with Crippen LogP contribution >= 0.6 is 0 Å². The molecule has 1 saturated heterocycles. The van der Waals surface area contributed by atoms with Gasteiger partial charge in [-0.1, -0.05) is 25.1 Å². The Kier molecular flexibility index (Phi) is 7.46. The Hall–Kier alpha value is -2.16. The maximum absolute atomic E-state index is 13.1. The topological polar surface area (TPSA) is 80.1 Å². The molecule has 0 bridgehead atoms. The van der Waals surface area contributed by atoms with Crippen LogP contribution in [0.5, 0.6) is 0 Å². The smallest absolute Gasteiger partial charge is 0.243 e. The van der Waals surface area contributed by atoms with E-state index < -0.39 is 10.0 Å². The molecule has 0 spiro atoms. The number of benzene rings is 1. The van der Waals surface area contributed by atoms with Crippen molar-refractivity contribution in [2.45, 2.75) is 43.7 Å². The van der Waals surface area contributed by atoms with Gasteiger partial charge in [0, 0.05) is 19.7 Å². The minimum absolute atomic E-state index is 0.0285. The van der Waals surface area contributed by atoms with Crippen molar-refractivity contribution in [2.75, 3.05) is 26.2 Å². The Balaban J connectivity index is 1.77. The first-order chi connectivity index (χ1) is 14.0. The third-order valence-electron chi connectivity index (χ3n) is 4.89. The zero-order valence-corrected chi connectivity index (χ0v) is 17.5. The maximum atomic E-state index is 13.1. The Morgan fingerprint density at radius 2 is 1.97 bits per heavy atom. The molecule has 3 rings (SSSR count). The van der Waals surface area contributed by atoms with Crippen LogP contribution in [0, 0.1) is 0 Å². The van der Waals surface area contributed by atoms with Crippen molar-refractivity contribution in [2.24, 2.45) is 0 Å².